The van der Waals surface area contributed by atoms with Gasteiger partial charge in [0.25, 0.3) is 0 Å². The average Bonchev–Trinajstić information content (AvgIpc) is 2.46. The minimum atomic E-state index is 0.0929. The molecule has 1 heterocycles. The topological polar surface area (TPSA) is 21.3 Å². The third kappa shape index (κ3) is 3.10. The van der Waals surface area contributed by atoms with Gasteiger partial charge in [-0.15, -0.1) is 0 Å². The maximum Gasteiger partial charge on any atom is 0.0999 e. The first-order valence-electron chi connectivity index (χ1n) is 6.62. The molecule has 0 bridgehead atoms. The molecule has 4 heteroatoms. The normalized spacial score (nSPS) is 17.6. The summed E-state index contributed by atoms with van der Waals surface area (Å²) in [7, 11) is 0. The molecule has 0 saturated carbocycles. The van der Waals surface area contributed by atoms with Crippen molar-refractivity contribution < 1.29 is 4.74 Å². The molecule has 1 N–H and O–H groups in total. The number of fused-ring (bicyclic) bond motifs is 1. The van der Waals surface area contributed by atoms with E-state index in [2.05, 4.69) is 52.2 Å². The van der Waals surface area contributed by atoms with Crippen LogP contribution in [0, 0.1) is 3.57 Å². The van der Waals surface area contributed by atoms with Gasteiger partial charge in [-0.2, -0.15) is 0 Å². The Bertz CT molecular complexity index is 617. The van der Waals surface area contributed by atoms with Crippen LogP contribution < -0.4 is 5.32 Å². The molecule has 0 amide bonds. The summed E-state index contributed by atoms with van der Waals surface area (Å²) in [5.41, 5.74) is 3.63. The van der Waals surface area contributed by atoms with Crippen LogP contribution in [0.1, 0.15) is 17.2 Å². The van der Waals surface area contributed by atoms with Crippen molar-refractivity contribution in [1.82, 2.24) is 0 Å². The van der Waals surface area contributed by atoms with E-state index in [0.717, 1.165) is 33.9 Å². The Morgan fingerprint density at radius 1 is 1.25 bits per heavy atom. The van der Waals surface area contributed by atoms with Gasteiger partial charge in [-0.3, -0.25) is 0 Å². The molecular weight excluding hydrogens is 385 g/mol. The van der Waals surface area contributed by atoms with E-state index in [1.54, 1.807) is 0 Å². The molecule has 0 aliphatic carbocycles. The lowest BCUT2D eigenvalue weighted by atomic mass is 9.97. The second-order valence-corrected chi connectivity index (χ2v) is 6.47. The van der Waals surface area contributed by atoms with Crippen LogP contribution in [0.5, 0.6) is 0 Å². The van der Waals surface area contributed by atoms with Crippen LogP contribution in [0.4, 0.5) is 5.69 Å². The maximum absolute atomic E-state index is 6.24. The number of halogens is 2. The Labute approximate surface area is 137 Å². The lowest BCUT2D eigenvalue weighted by Gasteiger charge is -2.26. The molecule has 20 heavy (non-hydrogen) atoms. The van der Waals surface area contributed by atoms with Gasteiger partial charge in [0.15, 0.2) is 0 Å². The molecule has 0 saturated heterocycles. The largest absolute Gasteiger partial charge is 0.381 e. The molecule has 3 rings (SSSR count). The van der Waals surface area contributed by atoms with Crippen molar-refractivity contribution >= 4 is 39.9 Å². The van der Waals surface area contributed by atoms with E-state index >= 15 is 0 Å². The Kier molecular flexibility index (Phi) is 4.48. The van der Waals surface area contributed by atoms with Crippen molar-refractivity contribution in [2.75, 3.05) is 18.5 Å². The van der Waals surface area contributed by atoms with E-state index < -0.39 is 0 Å². The summed E-state index contributed by atoms with van der Waals surface area (Å²) in [6.07, 6.45) is 1.09. The van der Waals surface area contributed by atoms with Gasteiger partial charge in [0.1, 0.15) is 0 Å². The number of anilines is 1. The molecule has 0 fully saturated rings. The Morgan fingerprint density at radius 3 is 2.95 bits per heavy atom. The quantitative estimate of drug-likeness (QED) is 0.757. The van der Waals surface area contributed by atoms with E-state index in [4.69, 9.17) is 16.3 Å². The number of nitrogens with one attached hydrogen (secondary N) is 1. The third-order valence-corrected chi connectivity index (χ3v) is 4.49. The van der Waals surface area contributed by atoms with Gasteiger partial charge in [-0.05, 0) is 58.3 Å². The Hall–Kier alpha value is -0.780. The zero-order valence-electron chi connectivity index (χ0n) is 10.9. The number of hydrogen-bond acceptors (Lipinski definition) is 2. The van der Waals surface area contributed by atoms with E-state index in [1.165, 1.54) is 11.1 Å². The van der Waals surface area contributed by atoms with Crippen LogP contribution in [0.15, 0.2) is 42.5 Å². The highest BCUT2D eigenvalue weighted by Crippen LogP contribution is 2.29. The van der Waals surface area contributed by atoms with Gasteiger partial charge in [0.2, 0.25) is 0 Å². The molecule has 0 spiro atoms. The van der Waals surface area contributed by atoms with Crippen LogP contribution in [0.2, 0.25) is 5.02 Å². The smallest absolute Gasteiger partial charge is 0.0999 e. The number of hydrogen-bond donors (Lipinski definition) is 1. The lowest BCUT2D eigenvalue weighted by Crippen LogP contribution is -2.22. The fraction of sp³-hybridized carbons (Fsp3) is 0.250. The molecule has 2 aromatic rings. The summed E-state index contributed by atoms with van der Waals surface area (Å²) in [5, 5.41) is 4.14. The van der Waals surface area contributed by atoms with Gasteiger partial charge in [0, 0.05) is 10.1 Å². The fourth-order valence-corrected chi connectivity index (χ4v) is 3.40. The van der Waals surface area contributed by atoms with E-state index in [0.29, 0.717) is 0 Å². The molecule has 1 atom stereocenters. The molecule has 2 aromatic carbocycles. The van der Waals surface area contributed by atoms with Crippen LogP contribution in [-0.4, -0.2) is 13.2 Å². The van der Waals surface area contributed by atoms with Gasteiger partial charge in [0.05, 0.1) is 23.4 Å². The van der Waals surface area contributed by atoms with Gasteiger partial charge < -0.3 is 10.1 Å². The third-order valence-electron chi connectivity index (χ3n) is 3.50. The zero-order valence-corrected chi connectivity index (χ0v) is 13.8. The first-order valence-corrected chi connectivity index (χ1v) is 8.08. The first kappa shape index (κ1) is 14.2. The van der Waals surface area contributed by atoms with Crippen molar-refractivity contribution in [3.8, 4) is 0 Å². The Morgan fingerprint density at radius 2 is 2.10 bits per heavy atom. The molecular formula is C16H15ClINO. The van der Waals surface area contributed by atoms with Crippen molar-refractivity contribution in [1.29, 1.82) is 0 Å². The first-order chi connectivity index (χ1) is 9.74. The maximum atomic E-state index is 6.24. The standard InChI is InChI=1S/C16H15ClINO/c17-14-9-12(18)5-6-15(14)19-10-16-13-4-2-1-3-11(13)7-8-20-16/h1-6,9,16,19H,7-8,10H2. The number of rotatable bonds is 3. The second-order valence-electron chi connectivity index (χ2n) is 4.81. The van der Waals surface area contributed by atoms with Crippen LogP contribution in [0.25, 0.3) is 0 Å². The molecule has 104 valence electrons. The monoisotopic (exact) mass is 399 g/mol. The predicted molar refractivity (Wildman–Crippen MR) is 91.5 cm³/mol. The van der Waals surface area contributed by atoms with Crippen molar-refractivity contribution in [3.05, 3.63) is 62.2 Å². The highest BCUT2D eigenvalue weighted by molar-refractivity contribution is 14.1. The molecule has 1 aliphatic rings. The molecule has 1 aliphatic heterocycles. The lowest BCUT2D eigenvalue weighted by molar-refractivity contribution is 0.0513. The summed E-state index contributed by atoms with van der Waals surface area (Å²) in [6, 6.07) is 14.5. The SMILES string of the molecule is Clc1cc(I)ccc1NCC1OCCc2ccccc21. The van der Waals surface area contributed by atoms with Crippen LogP contribution in [0.3, 0.4) is 0 Å². The number of ether oxygens (including phenoxy) is 1. The summed E-state index contributed by atoms with van der Waals surface area (Å²) < 4.78 is 7.02. The minimum absolute atomic E-state index is 0.0929. The Balaban J connectivity index is 1.73. The van der Waals surface area contributed by atoms with Crippen LogP contribution >= 0.6 is 34.2 Å². The van der Waals surface area contributed by atoms with E-state index in [-0.39, 0.29) is 6.10 Å². The van der Waals surface area contributed by atoms with Crippen molar-refractivity contribution in [2.45, 2.75) is 12.5 Å². The van der Waals surface area contributed by atoms with E-state index in [9.17, 15) is 0 Å². The summed E-state index contributed by atoms with van der Waals surface area (Å²) >= 11 is 8.50. The van der Waals surface area contributed by atoms with Gasteiger partial charge >= 0.3 is 0 Å². The van der Waals surface area contributed by atoms with Crippen molar-refractivity contribution in [3.63, 3.8) is 0 Å². The van der Waals surface area contributed by atoms with Gasteiger partial charge in [-0.25, -0.2) is 0 Å². The summed E-state index contributed by atoms with van der Waals surface area (Å²) in [4.78, 5) is 0. The highest BCUT2D eigenvalue weighted by Gasteiger charge is 2.20. The van der Waals surface area contributed by atoms with E-state index in [1.807, 2.05) is 18.2 Å². The second kappa shape index (κ2) is 6.33. The average molecular weight is 400 g/mol. The molecule has 0 radical (unpaired) electrons. The number of benzene rings is 2. The molecule has 2 nitrogen and oxygen atoms in total. The predicted octanol–water partition coefficient (Wildman–Crippen LogP) is 4.67. The molecule has 0 aromatic heterocycles. The zero-order chi connectivity index (χ0) is 13.9. The summed E-state index contributed by atoms with van der Waals surface area (Å²) in [6.45, 7) is 1.51. The van der Waals surface area contributed by atoms with Gasteiger partial charge in [-0.1, -0.05) is 35.9 Å². The molecule has 1 unspecified atom stereocenters. The summed E-state index contributed by atoms with van der Waals surface area (Å²) in [5.74, 6) is 0. The highest BCUT2D eigenvalue weighted by atomic mass is 127. The van der Waals surface area contributed by atoms with Crippen molar-refractivity contribution in [2.24, 2.45) is 0 Å². The fourth-order valence-electron chi connectivity index (χ4n) is 2.48. The minimum Gasteiger partial charge on any atom is -0.381 e. The van der Waals surface area contributed by atoms with Crippen LogP contribution in [-0.2, 0) is 11.2 Å².